The van der Waals surface area contributed by atoms with E-state index in [4.69, 9.17) is 9.16 Å². The summed E-state index contributed by atoms with van der Waals surface area (Å²) >= 11 is 0. The normalized spacial score (nSPS) is 12.1. The molecule has 144 valence electrons. The SMILES string of the molecule is CC(C)(C)O[SiH2]CCCOc1ccc(/C=C/c2ccc([N+](=O)[O-])cc2)cc1. The number of hydrogen-bond donors (Lipinski definition) is 0. The molecular formula is C21H27NO4Si. The fourth-order valence-corrected chi connectivity index (χ4v) is 3.51. The lowest BCUT2D eigenvalue weighted by Crippen LogP contribution is -2.21. The zero-order chi connectivity index (χ0) is 19.7. The summed E-state index contributed by atoms with van der Waals surface area (Å²) in [4.78, 5) is 10.3. The fraction of sp³-hybridized carbons (Fsp3) is 0.333. The molecule has 0 amide bonds. The van der Waals surface area contributed by atoms with Crippen molar-refractivity contribution in [2.75, 3.05) is 6.61 Å². The van der Waals surface area contributed by atoms with Crippen LogP contribution in [0, 0.1) is 10.1 Å². The van der Waals surface area contributed by atoms with Crippen LogP contribution in [-0.4, -0.2) is 26.9 Å². The minimum Gasteiger partial charge on any atom is -0.494 e. The van der Waals surface area contributed by atoms with Gasteiger partial charge in [0, 0.05) is 17.7 Å². The molecular weight excluding hydrogens is 358 g/mol. The lowest BCUT2D eigenvalue weighted by molar-refractivity contribution is -0.384. The van der Waals surface area contributed by atoms with Crippen molar-refractivity contribution in [2.45, 2.75) is 38.8 Å². The highest BCUT2D eigenvalue weighted by Gasteiger charge is 2.08. The van der Waals surface area contributed by atoms with Crippen molar-refractivity contribution < 1.29 is 14.1 Å². The number of nitrogens with zero attached hydrogens (tertiary/aromatic N) is 1. The maximum Gasteiger partial charge on any atom is 0.269 e. The van der Waals surface area contributed by atoms with Crippen LogP contribution >= 0.6 is 0 Å². The standard InChI is InChI=1S/C21H27NO4Si/c1-21(2,3)26-27-16-4-15-25-20-13-9-18(10-14-20)6-5-17-7-11-19(12-8-17)22(23)24/h5-14H,4,15-16,27H2,1-3H3/b6-5+. The fourth-order valence-electron chi connectivity index (χ4n) is 2.35. The summed E-state index contributed by atoms with van der Waals surface area (Å²) in [5.74, 6) is 0.862. The highest BCUT2D eigenvalue weighted by molar-refractivity contribution is 6.27. The van der Waals surface area contributed by atoms with Crippen molar-refractivity contribution in [3.05, 3.63) is 69.8 Å². The molecule has 0 bridgehead atoms. The molecule has 0 aliphatic carbocycles. The maximum absolute atomic E-state index is 10.7. The average Bonchev–Trinajstić information content (AvgIpc) is 2.63. The molecule has 5 nitrogen and oxygen atoms in total. The zero-order valence-corrected chi connectivity index (χ0v) is 17.6. The molecule has 0 N–H and O–H groups in total. The Bertz CT molecular complexity index is 749. The summed E-state index contributed by atoms with van der Waals surface area (Å²) in [7, 11) is -0.466. The van der Waals surface area contributed by atoms with Gasteiger partial charge < -0.3 is 9.16 Å². The molecule has 0 unspecified atom stereocenters. The van der Waals surface area contributed by atoms with E-state index in [1.54, 1.807) is 12.1 Å². The lowest BCUT2D eigenvalue weighted by atomic mass is 10.1. The Morgan fingerprint density at radius 1 is 1.00 bits per heavy atom. The van der Waals surface area contributed by atoms with Crippen LogP contribution in [0.25, 0.3) is 12.2 Å². The molecule has 2 aromatic rings. The molecule has 2 rings (SSSR count). The van der Waals surface area contributed by atoms with E-state index < -0.39 is 14.7 Å². The summed E-state index contributed by atoms with van der Waals surface area (Å²) in [5.41, 5.74) is 2.04. The Morgan fingerprint density at radius 2 is 1.56 bits per heavy atom. The molecule has 0 aliphatic heterocycles. The van der Waals surface area contributed by atoms with Crippen molar-refractivity contribution in [3.63, 3.8) is 0 Å². The topological polar surface area (TPSA) is 61.6 Å². The first kappa shape index (κ1) is 20.9. The molecule has 0 aromatic heterocycles. The number of nitro groups is 1. The van der Waals surface area contributed by atoms with Gasteiger partial charge in [-0.3, -0.25) is 10.1 Å². The van der Waals surface area contributed by atoms with Crippen LogP contribution in [0.2, 0.25) is 6.04 Å². The van der Waals surface area contributed by atoms with Crippen LogP contribution in [0.5, 0.6) is 5.75 Å². The summed E-state index contributed by atoms with van der Waals surface area (Å²) in [5, 5.41) is 10.7. The van der Waals surface area contributed by atoms with Crippen molar-refractivity contribution in [1.29, 1.82) is 0 Å². The second-order valence-electron chi connectivity index (χ2n) is 7.27. The first-order valence-corrected chi connectivity index (χ1v) is 10.7. The lowest BCUT2D eigenvalue weighted by Gasteiger charge is -2.19. The van der Waals surface area contributed by atoms with Crippen LogP contribution in [0.15, 0.2) is 48.5 Å². The quantitative estimate of drug-likeness (QED) is 0.203. The molecule has 0 spiro atoms. The van der Waals surface area contributed by atoms with Gasteiger partial charge in [0.25, 0.3) is 5.69 Å². The van der Waals surface area contributed by atoms with Crippen LogP contribution in [-0.2, 0) is 4.43 Å². The van der Waals surface area contributed by atoms with E-state index in [2.05, 4.69) is 20.8 Å². The van der Waals surface area contributed by atoms with Crippen LogP contribution in [0.3, 0.4) is 0 Å². The Kier molecular flexibility index (Phi) is 7.76. The van der Waals surface area contributed by atoms with Crippen molar-refractivity contribution in [1.82, 2.24) is 0 Å². The Hall–Kier alpha value is -2.44. The molecule has 0 saturated carbocycles. The van der Waals surface area contributed by atoms with E-state index in [-0.39, 0.29) is 11.3 Å². The van der Waals surface area contributed by atoms with Crippen LogP contribution in [0.4, 0.5) is 5.69 Å². The molecule has 27 heavy (non-hydrogen) atoms. The Labute approximate surface area is 163 Å². The third kappa shape index (κ3) is 8.19. The molecule has 0 saturated heterocycles. The minimum atomic E-state index is -0.466. The summed E-state index contributed by atoms with van der Waals surface area (Å²) in [6, 6.07) is 15.5. The van der Waals surface area contributed by atoms with Gasteiger partial charge in [-0.2, -0.15) is 0 Å². The van der Waals surface area contributed by atoms with Crippen LogP contribution < -0.4 is 4.74 Å². The van der Waals surface area contributed by atoms with Gasteiger partial charge in [-0.1, -0.05) is 24.3 Å². The van der Waals surface area contributed by atoms with E-state index in [1.807, 2.05) is 36.4 Å². The van der Waals surface area contributed by atoms with Crippen molar-refractivity contribution in [3.8, 4) is 5.75 Å². The van der Waals surface area contributed by atoms with Gasteiger partial charge in [0.15, 0.2) is 9.76 Å². The van der Waals surface area contributed by atoms with Gasteiger partial charge in [-0.05, 0) is 68.6 Å². The molecule has 0 radical (unpaired) electrons. The number of ether oxygens (including phenoxy) is 1. The molecule has 0 fully saturated rings. The van der Waals surface area contributed by atoms with E-state index in [1.165, 1.54) is 12.1 Å². The highest BCUT2D eigenvalue weighted by Crippen LogP contribution is 2.17. The third-order valence-electron chi connectivity index (χ3n) is 3.79. The second kappa shape index (κ2) is 10.0. The maximum atomic E-state index is 10.7. The van der Waals surface area contributed by atoms with E-state index in [0.717, 1.165) is 29.3 Å². The molecule has 2 aromatic carbocycles. The minimum absolute atomic E-state index is 0.0229. The van der Waals surface area contributed by atoms with Gasteiger partial charge in [0.2, 0.25) is 0 Å². The monoisotopic (exact) mass is 385 g/mol. The molecule has 0 aliphatic rings. The van der Waals surface area contributed by atoms with Gasteiger partial charge in [-0.25, -0.2) is 0 Å². The average molecular weight is 386 g/mol. The number of rotatable bonds is 9. The second-order valence-corrected chi connectivity index (χ2v) is 8.67. The van der Waals surface area contributed by atoms with Gasteiger partial charge >= 0.3 is 0 Å². The first-order chi connectivity index (χ1) is 12.8. The molecule has 0 heterocycles. The number of nitro benzene ring substituents is 1. The van der Waals surface area contributed by atoms with E-state index in [9.17, 15) is 10.1 Å². The number of non-ortho nitro benzene ring substituents is 1. The van der Waals surface area contributed by atoms with E-state index in [0.29, 0.717) is 6.61 Å². The smallest absolute Gasteiger partial charge is 0.269 e. The Morgan fingerprint density at radius 3 is 2.07 bits per heavy atom. The summed E-state index contributed by atoms with van der Waals surface area (Å²) in [6.07, 6.45) is 4.92. The van der Waals surface area contributed by atoms with Crippen molar-refractivity contribution in [2.24, 2.45) is 0 Å². The predicted octanol–water partition coefficient (Wildman–Crippen LogP) is 4.85. The third-order valence-corrected chi connectivity index (χ3v) is 5.65. The van der Waals surface area contributed by atoms with Gasteiger partial charge in [-0.15, -0.1) is 0 Å². The molecule has 6 heteroatoms. The summed E-state index contributed by atoms with van der Waals surface area (Å²) in [6.45, 7) is 6.98. The zero-order valence-electron chi connectivity index (χ0n) is 16.2. The van der Waals surface area contributed by atoms with E-state index >= 15 is 0 Å². The highest BCUT2D eigenvalue weighted by atomic mass is 28.2. The summed E-state index contributed by atoms with van der Waals surface area (Å²) < 4.78 is 11.6. The first-order valence-electron chi connectivity index (χ1n) is 9.13. The van der Waals surface area contributed by atoms with Gasteiger partial charge in [0.05, 0.1) is 11.5 Å². The van der Waals surface area contributed by atoms with Crippen molar-refractivity contribution >= 4 is 27.6 Å². The number of benzene rings is 2. The Balaban J connectivity index is 1.75. The largest absolute Gasteiger partial charge is 0.494 e. The number of hydrogen-bond acceptors (Lipinski definition) is 4. The van der Waals surface area contributed by atoms with Crippen LogP contribution in [0.1, 0.15) is 38.3 Å². The molecule has 0 atom stereocenters. The van der Waals surface area contributed by atoms with Gasteiger partial charge in [0.1, 0.15) is 5.75 Å². The predicted molar refractivity (Wildman–Crippen MR) is 113 cm³/mol.